The number of halogens is 4. The maximum absolute atomic E-state index is 13.9. The van der Waals surface area contributed by atoms with E-state index in [1.807, 2.05) is 0 Å². The minimum absolute atomic E-state index is 0.0629. The van der Waals surface area contributed by atoms with Crippen molar-refractivity contribution in [1.29, 1.82) is 0 Å². The van der Waals surface area contributed by atoms with Gasteiger partial charge in [0.25, 0.3) is 5.91 Å². The number of anilines is 1. The summed E-state index contributed by atoms with van der Waals surface area (Å²) in [6.07, 6.45) is 1.79. The maximum atomic E-state index is 13.9. The van der Waals surface area contributed by atoms with Gasteiger partial charge in [-0.1, -0.05) is 11.6 Å². The Hall–Kier alpha value is -2.22. The number of carbonyl (C=O) groups is 1. The van der Waals surface area contributed by atoms with Gasteiger partial charge in [-0.3, -0.25) is 9.69 Å². The molecular weight excluding hydrogens is 585 g/mol. The van der Waals surface area contributed by atoms with Crippen molar-refractivity contribution in [2.75, 3.05) is 51.4 Å². The molecule has 0 aromatic heterocycles. The molecule has 2 aromatic carbocycles. The van der Waals surface area contributed by atoms with Crippen molar-refractivity contribution >= 4 is 33.0 Å². The average Bonchev–Trinajstić information content (AvgIpc) is 3.23. The summed E-state index contributed by atoms with van der Waals surface area (Å²) in [5.41, 5.74) is -1.57. The van der Waals surface area contributed by atoms with Crippen molar-refractivity contribution in [1.82, 2.24) is 4.90 Å². The molecule has 0 radical (unpaired) electrons. The summed E-state index contributed by atoms with van der Waals surface area (Å²) < 4.78 is 79.4. The van der Waals surface area contributed by atoms with Gasteiger partial charge in [0.2, 0.25) is 0 Å². The number of ether oxygens (including phenoxy) is 2. The third-order valence-electron chi connectivity index (χ3n) is 8.25. The monoisotopic (exact) mass is 616 g/mol. The number of amides is 1. The first kappa shape index (κ1) is 30.2. The zero-order valence-electron chi connectivity index (χ0n) is 22.3. The van der Waals surface area contributed by atoms with E-state index in [9.17, 15) is 31.5 Å². The molecule has 1 heterocycles. The predicted molar refractivity (Wildman–Crippen MR) is 145 cm³/mol. The van der Waals surface area contributed by atoms with Crippen LogP contribution < -0.4 is 5.32 Å². The highest BCUT2D eigenvalue weighted by atomic mass is 35.5. The molecule has 3 fully saturated rings. The van der Waals surface area contributed by atoms with E-state index in [4.69, 9.17) is 21.1 Å². The van der Waals surface area contributed by atoms with Gasteiger partial charge >= 0.3 is 0 Å². The van der Waals surface area contributed by atoms with Gasteiger partial charge in [0.1, 0.15) is 0 Å². The topological polar surface area (TPSA) is 105 Å². The van der Waals surface area contributed by atoms with E-state index in [1.54, 1.807) is 0 Å². The molecule has 3 aliphatic rings. The molecule has 1 amide bonds. The lowest BCUT2D eigenvalue weighted by molar-refractivity contribution is -0.0865. The Morgan fingerprint density at radius 3 is 2.37 bits per heavy atom. The molecule has 2 N–H and O–H groups in total. The van der Waals surface area contributed by atoms with E-state index in [2.05, 4.69) is 10.2 Å². The van der Waals surface area contributed by atoms with Gasteiger partial charge in [-0.2, -0.15) is 0 Å². The number of nitrogens with one attached hydrogen (secondary N) is 1. The highest BCUT2D eigenvalue weighted by Gasteiger charge is 2.54. The van der Waals surface area contributed by atoms with Crippen LogP contribution >= 0.6 is 11.6 Å². The van der Waals surface area contributed by atoms with Crippen LogP contribution in [0.3, 0.4) is 0 Å². The summed E-state index contributed by atoms with van der Waals surface area (Å²) in [6.45, 7) is 4.37. The average molecular weight is 617 g/mol. The number of benzene rings is 2. The number of sulfone groups is 1. The van der Waals surface area contributed by atoms with Gasteiger partial charge in [-0.25, -0.2) is 21.6 Å². The van der Waals surface area contributed by atoms with Crippen molar-refractivity contribution < 1.29 is 41.0 Å². The van der Waals surface area contributed by atoms with E-state index < -0.39 is 44.0 Å². The van der Waals surface area contributed by atoms with Crippen LogP contribution in [0.1, 0.15) is 36.0 Å². The lowest BCUT2D eigenvalue weighted by Crippen LogP contribution is -2.49. The van der Waals surface area contributed by atoms with Crippen LogP contribution in [-0.2, 0) is 19.3 Å². The lowest BCUT2D eigenvalue weighted by Gasteiger charge is -2.40. The standard InChI is InChI=1S/C28H32ClF3N2O6S/c29-21-4-3-17(27(35)33-20-12-22(30)25(32)23(31)13-20)11-24(21)41(37,38)26-18-1-2-19(26)15-28(36,14-18)16-40-10-7-34-5-8-39-9-6-34/h3-4,11-13,18-19,26,36H,1-2,5-10,14-16H2,(H,33,35)/t18-,19?,26+,28+/m0/s1. The van der Waals surface area contributed by atoms with Crippen LogP contribution in [0.25, 0.3) is 0 Å². The summed E-state index contributed by atoms with van der Waals surface area (Å²) in [4.78, 5) is 14.8. The highest BCUT2D eigenvalue weighted by Crippen LogP contribution is 2.51. The molecule has 41 heavy (non-hydrogen) atoms. The van der Waals surface area contributed by atoms with Crippen LogP contribution in [0.5, 0.6) is 0 Å². The molecule has 4 atom stereocenters. The Balaban J connectivity index is 1.26. The molecule has 1 unspecified atom stereocenters. The fourth-order valence-corrected chi connectivity index (χ4v) is 9.23. The first-order valence-electron chi connectivity index (χ1n) is 13.6. The van der Waals surface area contributed by atoms with Crippen LogP contribution in [0.15, 0.2) is 35.2 Å². The number of morpholine rings is 1. The Morgan fingerprint density at radius 2 is 1.73 bits per heavy atom. The number of hydrogen-bond acceptors (Lipinski definition) is 7. The van der Waals surface area contributed by atoms with Crippen LogP contribution in [0.4, 0.5) is 18.9 Å². The molecule has 2 saturated carbocycles. The number of nitrogens with zero attached hydrogens (tertiary/aromatic N) is 1. The molecular formula is C28H32ClF3N2O6S. The molecule has 2 aliphatic carbocycles. The van der Waals surface area contributed by atoms with Gasteiger partial charge in [-0.15, -0.1) is 0 Å². The largest absolute Gasteiger partial charge is 0.387 e. The zero-order chi connectivity index (χ0) is 29.4. The number of rotatable bonds is 9. The summed E-state index contributed by atoms with van der Waals surface area (Å²) >= 11 is 6.31. The van der Waals surface area contributed by atoms with E-state index in [0.29, 0.717) is 44.8 Å². The van der Waals surface area contributed by atoms with Gasteiger partial charge in [-0.05, 0) is 55.7 Å². The second-order valence-electron chi connectivity index (χ2n) is 11.1. The van der Waals surface area contributed by atoms with Crippen LogP contribution in [-0.4, -0.2) is 81.2 Å². The van der Waals surface area contributed by atoms with Crippen molar-refractivity contribution in [2.45, 2.75) is 41.4 Å². The first-order chi connectivity index (χ1) is 19.5. The van der Waals surface area contributed by atoms with Gasteiger partial charge < -0.3 is 19.9 Å². The molecule has 2 aromatic rings. The van der Waals surface area contributed by atoms with E-state index >= 15 is 0 Å². The Kier molecular flexibility index (Phi) is 8.98. The molecule has 8 nitrogen and oxygen atoms in total. The minimum Gasteiger partial charge on any atom is -0.387 e. The summed E-state index contributed by atoms with van der Waals surface area (Å²) in [5, 5.41) is 12.7. The van der Waals surface area contributed by atoms with Crippen LogP contribution in [0, 0.1) is 29.3 Å². The molecule has 1 saturated heterocycles. The first-order valence-corrected chi connectivity index (χ1v) is 15.5. The highest BCUT2D eigenvalue weighted by molar-refractivity contribution is 7.92. The lowest BCUT2D eigenvalue weighted by atomic mass is 9.77. The van der Waals surface area contributed by atoms with Gasteiger partial charge in [0, 0.05) is 43.0 Å². The number of fused-ring (bicyclic) bond motifs is 2. The van der Waals surface area contributed by atoms with Gasteiger partial charge in [0.05, 0.1) is 47.2 Å². The number of carbonyl (C=O) groups excluding carboxylic acids is 1. The summed E-state index contributed by atoms with van der Waals surface area (Å²) in [6, 6.07) is 4.94. The second kappa shape index (κ2) is 12.2. The van der Waals surface area contributed by atoms with Crippen molar-refractivity contribution in [2.24, 2.45) is 11.8 Å². The third-order valence-corrected chi connectivity index (χ3v) is 11.1. The SMILES string of the molecule is O=C(Nc1cc(F)c(F)c(F)c1)c1ccc(Cl)c(S(=O)(=O)[C@H]2C3CC[C@H]2C[C@](O)(COCCN2CCOCC2)C3)c1. The number of aliphatic hydroxyl groups is 1. The predicted octanol–water partition coefficient (Wildman–Crippen LogP) is 4.05. The molecule has 13 heteroatoms. The van der Waals surface area contributed by atoms with Crippen molar-refractivity contribution in [3.05, 3.63) is 58.4 Å². The fraction of sp³-hybridized carbons (Fsp3) is 0.536. The smallest absolute Gasteiger partial charge is 0.255 e. The van der Waals surface area contributed by atoms with Crippen LogP contribution in [0.2, 0.25) is 5.02 Å². The normalized spacial score (nSPS) is 26.7. The van der Waals surface area contributed by atoms with E-state index in [1.165, 1.54) is 12.1 Å². The molecule has 1 aliphatic heterocycles. The summed E-state index contributed by atoms with van der Waals surface area (Å²) in [7, 11) is -4.02. The zero-order valence-corrected chi connectivity index (χ0v) is 23.8. The van der Waals surface area contributed by atoms with E-state index in [-0.39, 0.29) is 52.5 Å². The molecule has 0 spiro atoms. The second-order valence-corrected chi connectivity index (χ2v) is 13.6. The maximum Gasteiger partial charge on any atom is 0.255 e. The summed E-state index contributed by atoms with van der Waals surface area (Å²) in [5.74, 6) is -6.10. The molecule has 224 valence electrons. The van der Waals surface area contributed by atoms with Crippen molar-refractivity contribution in [3.8, 4) is 0 Å². The fourth-order valence-electron chi connectivity index (χ4n) is 6.38. The molecule has 5 rings (SSSR count). The number of hydrogen-bond donors (Lipinski definition) is 2. The Labute approximate surface area is 241 Å². The van der Waals surface area contributed by atoms with Crippen molar-refractivity contribution in [3.63, 3.8) is 0 Å². The Morgan fingerprint density at radius 1 is 1.10 bits per heavy atom. The quantitative estimate of drug-likeness (QED) is 0.324. The van der Waals surface area contributed by atoms with Gasteiger partial charge in [0.15, 0.2) is 27.3 Å². The molecule has 2 bridgehead atoms. The minimum atomic E-state index is -4.02. The Bertz CT molecular complexity index is 1370. The van der Waals surface area contributed by atoms with E-state index in [0.717, 1.165) is 25.7 Å². The third kappa shape index (κ3) is 6.57.